The van der Waals surface area contributed by atoms with Gasteiger partial charge in [0.05, 0.1) is 12.5 Å². The lowest BCUT2D eigenvalue weighted by molar-refractivity contribution is -0.122. The SMILES string of the molecule is O=C(Cc1cccs1)NC1CC2(CCCCC2)Oc2ccccc21. The molecule has 0 bridgehead atoms. The van der Waals surface area contributed by atoms with Gasteiger partial charge in [-0.15, -0.1) is 11.3 Å². The second kappa shape index (κ2) is 6.60. The number of benzene rings is 1. The van der Waals surface area contributed by atoms with E-state index >= 15 is 0 Å². The molecular weight excluding hydrogens is 318 g/mol. The second-order valence-electron chi connectivity index (χ2n) is 6.96. The fraction of sp³-hybridized carbons (Fsp3) is 0.450. The number of rotatable bonds is 3. The van der Waals surface area contributed by atoms with Gasteiger partial charge < -0.3 is 10.1 Å². The van der Waals surface area contributed by atoms with Crippen LogP contribution >= 0.6 is 11.3 Å². The average Bonchev–Trinajstić information content (AvgIpc) is 3.08. The van der Waals surface area contributed by atoms with Crippen LogP contribution in [0.1, 0.15) is 55.0 Å². The van der Waals surface area contributed by atoms with Crippen LogP contribution in [0.2, 0.25) is 0 Å². The molecule has 1 atom stereocenters. The first-order chi connectivity index (χ1) is 11.7. The molecule has 3 nitrogen and oxygen atoms in total. The Morgan fingerprint density at radius 1 is 1.17 bits per heavy atom. The quantitative estimate of drug-likeness (QED) is 0.883. The Morgan fingerprint density at radius 2 is 2.00 bits per heavy atom. The van der Waals surface area contributed by atoms with E-state index in [0.717, 1.165) is 35.5 Å². The summed E-state index contributed by atoms with van der Waals surface area (Å²) in [6.07, 6.45) is 7.28. The molecule has 2 aliphatic rings. The Morgan fingerprint density at radius 3 is 2.79 bits per heavy atom. The molecule has 24 heavy (non-hydrogen) atoms. The van der Waals surface area contributed by atoms with Gasteiger partial charge in [0, 0.05) is 16.9 Å². The van der Waals surface area contributed by atoms with Gasteiger partial charge in [-0.3, -0.25) is 4.79 Å². The minimum atomic E-state index is -0.0898. The Balaban J connectivity index is 1.55. The van der Waals surface area contributed by atoms with Crippen molar-refractivity contribution in [1.82, 2.24) is 5.32 Å². The lowest BCUT2D eigenvalue weighted by atomic mass is 9.77. The van der Waals surface area contributed by atoms with E-state index in [-0.39, 0.29) is 17.6 Å². The monoisotopic (exact) mass is 341 g/mol. The summed E-state index contributed by atoms with van der Waals surface area (Å²) in [6.45, 7) is 0. The van der Waals surface area contributed by atoms with Crippen LogP contribution in [0.3, 0.4) is 0 Å². The number of nitrogens with one attached hydrogen (secondary N) is 1. The fourth-order valence-corrected chi connectivity index (χ4v) is 4.77. The molecule has 1 N–H and O–H groups in total. The lowest BCUT2D eigenvalue weighted by Crippen LogP contribution is -2.46. The number of amides is 1. The minimum absolute atomic E-state index is 0.0560. The van der Waals surface area contributed by atoms with E-state index in [0.29, 0.717) is 6.42 Å². The highest BCUT2D eigenvalue weighted by molar-refractivity contribution is 7.10. The van der Waals surface area contributed by atoms with Gasteiger partial charge in [0.15, 0.2) is 0 Å². The van der Waals surface area contributed by atoms with Crippen LogP contribution in [0.5, 0.6) is 5.75 Å². The van der Waals surface area contributed by atoms with E-state index in [9.17, 15) is 4.79 Å². The number of thiophene rings is 1. The number of carbonyl (C=O) groups excluding carboxylic acids is 1. The number of hydrogen-bond acceptors (Lipinski definition) is 3. The van der Waals surface area contributed by atoms with E-state index in [1.807, 2.05) is 35.7 Å². The molecule has 0 radical (unpaired) electrons. The Hall–Kier alpha value is -1.81. The normalized spacial score (nSPS) is 21.8. The Bertz CT molecular complexity index is 704. The van der Waals surface area contributed by atoms with Gasteiger partial charge in [-0.05, 0) is 43.2 Å². The zero-order valence-corrected chi connectivity index (χ0v) is 14.6. The van der Waals surface area contributed by atoms with Crippen LogP contribution in [0, 0.1) is 0 Å². The van der Waals surface area contributed by atoms with E-state index in [2.05, 4.69) is 11.4 Å². The van der Waals surface area contributed by atoms with Gasteiger partial charge in [0.2, 0.25) is 5.91 Å². The van der Waals surface area contributed by atoms with Gasteiger partial charge in [0.1, 0.15) is 11.4 Å². The van der Waals surface area contributed by atoms with Crippen molar-refractivity contribution in [3.63, 3.8) is 0 Å². The van der Waals surface area contributed by atoms with Crippen molar-refractivity contribution in [1.29, 1.82) is 0 Å². The van der Waals surface area contributed by atoms with Gasteiger partial charge in [-0.1, -0.05) is 30.7 Å². The van der Waals surface area contributed by atoms with Crippen molar-refractivity contribution in [2.45, 2.75) is 56.6 Å². The maximum Gasteiger partial charge on any atom is 0.225 e. The molecule has 1 aliphatic carbocycles. The molecule has 4 heteroatoms. The minimum Gasteiger partial charge on any atom is -0.487 e. The molecule has 2 aromatic rings. The van der Waals surface area contributed by atoms with Gasteiger partial charge in [-0.2, -0.15) is 0 Å². The first kappa shape index (κ1) is 15.7. The Labute approximate surface area is 147 Å². The molecule has 1 amide bonds. The third-order valence-electron chi connectivity index (χ3n) is 5.21. The van der Waals surface area contributed by atoms with Crippen LogP contribution in [0.4, 0.5) is 0 Å². The van der Waals surface area contributed by atoms with E-state index < -0.39 is 0 Å². The van der Waals surface area contributed by atoms with E-state index in [1.54, 1.807) is 11.3 Å². The van der Waals surface area contributed by atoms with Crippen molar-refractivity contribution in [3.8, 4) is 5.75 Å². The number of ether oxygens (including phenoxy) is 1. The summed E-state index contributed by atoms with van der Waals surface area (Å²) in [4.78, 5) is 13.6. The Kier molecular flexibility index (Phi) is 4.31. The average molecular weight is 341 g/mol. The van der Waals surface area contributed by atoms with Crippen molar-refractivity contribution in [2.75, 3.05) is 0 Å². The third kappa shape index (κ3) is 3.20. The predicted octanol–water partition coefficient (Wildman–Crippen LogP) is 4.63. The molecule has 1 spiro atoms. The highest BCUT2D eigenvalue weighted by Crippen LogP contribution is 2.46. The van der Waals surface area contributed by atoms with Crippen LogP contribution in [-0.4, -0.2) is 11.5 Å². The summed E-state index contributed by atoms with van der Waals surface area (Å²) >= 11 is 1.63. The highest BCUT2D eigenvalue weighted by atomic mass is 32.1. The molecule has 4 rings (SSSR count). The molecular formula is C20H23NO2S. The summed E-state index contributed by atoms with van der Waals surface area (Å²) in [7, 11) is 0. The van der Waals surface area contributed by atoms with Crippen molar-refractivity contribution in [2.24, 2.45) is 0 Å². The molecule has 2 heterocycles. The zero-order chi connectivity index (χ0) is 16.4. The number of para-hydroxylation sites is 1. The summed E-state index contributed by atoms with van der Waals surface area (Å²) in [6, 6.07) is 12.2. The van der Waals surface area contributed by atoms with Crippen LogP contribution in [0.15, 0.2) is 41.8 Å². The predicted molar refractivity (Wildman–Crippen MR) is 96.4 cm³/mol. The smallest absolute Gasteiger partial charge is 0.225 e. The van der Waals surface area contributed by atoms with Crippen LogP contribution < -0.4 is 10.1 Å². The standard InChI is InChI=1S/C20H23NO2S/c22-19(13-15-7-6-12-24-15)21-17-14-20(10-4-1-5-11-20)23-18-9-3-2-8-16(17)18/h2-3,6-9,12,17H,1,4-5,10-11,13-14H2,(H,21,22). The van der Waals surface area contributed by atoms with Crippen LogP contribution in [-0.2, 0) is 11.2 Å². The molecule has 1 unspecified atom stereocenters. The number of carbonyl (C=O) groups is 1. The maximum absolute atomic E-state index is 12.5. The van der Waals surface area contributed by atoms with E-state index in [4.69, 9.17) is 4.74 Å². The van der Waals surface area contributed by atoms with Gasteiger partial charge >= 0.3 is 0 Å². The van der Waals surface area contributed by atoms with Gasteiger partial charge in [0.25, 0.3) is 0 Å². The summed E-state index contributed by atoms with van der Waals surface area (Å²) in [5.41, 5.74) is 1.03. The topological polar surface area (TPSA) is 38.3 Å². The summed E-state index contributed by atoms with van der Waals surface area (Å²) in [5, 5.41) is 5.29. The number of fused-ring (bicyclic) bond motifs is 1. The molecule has 1 aromatic heterocycles. The highest BCUT2D eigenvalue weighted by Gasteiger charge is 2.42. The zero-order valence-electron chi connectivity index (χ0n) is 13.8. The fourth-order valence-electron chi connectivity index (χ4n) is 4.07. The van der Waals surface area contributed by atoms with Gasteiger partial charge in [-0.25, -0.2) is 0 Å². The molecule has 126 valence electrons. The lowest BCUT2D eigenvalue weighted by Gasteiger charge is -2.44. The second-order valence-corrected chi connectivity index (χ2v) is 8.00. The van der Waals surface area contributed by atoms with Crippen molar-refractivity contribution < 1.29 is 9.53 Å². The first-order valence-corrected chi connectivity index (χ1v) is 9.72. The van der Waals surface area contributed by atoms with Crippen molar-refractivity contribution >= 4 is 17.2 Å². The molecule has 1 saturated carbocycles. The molecule has 1 fully saturated rings. The largest absolute Gasteiger partial charge is 0.487 e. The third-order valence-corrected chi connectivity index (χ3v) is 6.09. The number of hydrogen-bond donors (Lipinski definition) is 1. The summed E-state index contributed by atoms with van der Waals surface area (Å²) in [5.74, 6) is 1.05. The molecule has 1 aliphatic heterocycles. The first-order valence-electron chi connectivity index (χ1n) is 8.84. The van der Waals surface area contributed by atoms with Crippen LogP contribution in [0.25, 0.3) is 0 Å². The van der Waals surface area contributed by atoms with E-state index in [1.165, 1.54) is 19.3 Å². The molecule has 0 saturated heterocycles. The molecule has 1 aromatic carbocycles. The maximum atomic E-state index is 12.5. The van der Waals surface area contributed by atoms with Crippen molar-refractivity contribution in [3.05, 3.63) is 52.2 Å². The summed E-state index contributed by atoms with van der Waals surface area (Å²) < 4.78 is 6.43.